The van der Waals surface area contributed by atoms with E-state index in [0.29, 0.717) is 5.92 Å². The van der Waals surface area contributed by atoms with E-state index in [2.05, 4.69) is 39.2 Å². The number of rotatable bonds is 9. The highest BCUT2D eigenvalue weighted by molar-refractivity contribution is 5.79. The zero-order valence-corrected chi connectivity index (χ0v) is 16.4. The molecule has 1 aliphatic heterocycles. The lowest BCUT2D eigenvalue weighted by molar-refractivity contribution is 0.0888. The van der Waals surface area contributed by atoms with Crippen LogP contribution in [0.1, 0.15) is 24.1 Å². The van der Waals surface area contributed by atoms with E-state index >= 15 is 0 Å². The van der Waals surface area contributed by atoms with Gasteiger partial charge in [0.2, 0.25) is 0 Å². The maximum atomic E-state index is 5.72. The maximum absolute atomic E-state index is 5.72. The number of guanidine groups is 1. The van der Waals surface area contributed by atoms with Crippen LogP contribution in [0.3, 0.4) is 0 Å². The molecule has 2 N–H and O–H groups in total. The van der Waals surface area contributed by atoms with Crippen molar-refractivity contribution in [2.24, 2.45) is 10.9 Å². The summed E-state index contributed by atoms with van der Waals surface area (Å²) in [6.45, 7) is 7.02. The van der Waals surface area contributed by atoms with Crippen LogP contribution in [0.25, 0.3) is 5.65 Å². The molecule has 7 heteroatoms. The molecule has 2 aromatic heterocycles. The molecule has 0 radical (unpaired) electrons. The number of nitrogens with one attached hydrogen (secondary N) is 2. The van der Waals surface area contributed by atoms with Crippen molar-refractivity contribution in [3.05, 3.63) is 35.8 Å². The number of ether oxygens (including phenoxy) is 2. The third kappa shape index (κ3) is 5.94. The number of hydrogen-bond acceptors (Lipinski definition) is 4. The molecule has 2 aromatic rings. The lowest BCUT2D eigenvalue weighted by Gasteiger charge is -2.12. The quantitative estimate of drug-likeness (QED) is 0.398. The molecular weight excluding hydrogens is 342 g/mol. The van der Waals surface area contributed by atoms with Crippen molar-refractivity contribution in [2.75, 3.05) is 46.6 Å². The molecule has 0 amide bonds. The monoisotopic (exact) mass is 373 g/mol. The fraction of sp³-hybridized carbons (Fsp3) is 0.600. The van der Waals surface area contributed by atoms with Gasteiger partial charge in [-0.05, 0) is 31.4 Å². The van der Waals surface area contributed by atoms with Crippen LogP contribution in [-0.4, -0.2) is 61.9 Å². The van der Waals surface area contributed by atoms with Crippen LogP contribution >= 0.6 is 0 Å². The van der Waals surface area contributed by atoms with E-state index in [1.807, 2.05) is 12.3 Å². The Morgan fingerprint density at radius 3 is 3.07 bits per heavy atom. The molecule has 27 heavy (non-hydrogen) atoms. The summed E-state index contributed by atoms with van der Waals surface area (Å²) in [4.78, 5) is 8.97. The van der Waals surface area contributed by atoms with Gasteiger partial charge in [0.25, 0.3) is 0 Å². The number of aryl methyl sites for hydroxylation is 1. The highest BCUT2D eigenvalue weighted by atomic mass is 16.5. The maximum Gasteiger partial charge on any atom is 0.190 e. The van der Waals surface area contributed by atoms with Gasteiger partial charge in [0.15, 0.2) is 5.96 Å². The number of fused-ring (bicyclic) bond motifs is 1. The number of hydrogen-bond donors (Lipinski definition) is 2. The summed E-state index contributed by atoms with van der Waals surface area (Å²) in [6.07, 6.45) is 7.07. The van der Waals surface area contributed by atoms with Crippen molar-refractivity contribution in [3.8, 4) is 0 Å². The smallest absolute Gasteiger partial charge is 0.190 e. The molecule has 0 spiro atoms. The molecule has 1 unspecified atom stereocenters. The molecule has 1 saturated heterocycles. The fourth-order valence-corrected chi connectivity index (χ4v) is 3.20. The van der Waals surface area contributed by atoms with Gasteiger partial charge in [0.1, 0.15) is 5.65 Å². The normalized spacial score (nSPS) is 17.6. The van der Waals surface area contributed by atoms with E-state index in [4.69, 9.17) is 14.5 Å². The van der Waals surface area contributed by atoms with Gasteiger partial charge in [0, 0.05) is 58.1 Å². The summed E-state index contributed by atoms with van der Waals surface area (Å²) in [7, 11) is 1.79. The summed E-state index contributed by atoms with van der Waals surface area (Å²) < 4.78 is 13.1. The average Bonchev–Trinajstić information content (AvgIpc) is 3.33. The average molecular weight is 374 g/mol. The predicted molar refractivity (Wildman–Crippen MR) is 107 cm³/mol. The molecule has 7 nitrogen and oxygen atoms in total. The highest BCUT2D eigenvalue weighted by Crippen LogP contribution is 2.12. The summed E-state index contributed by atoms with van der Waals surface area (Å²) in [5, 5.41) is 6.67. The molecular formula is C20H31N5O2. The van der Waals surface area contributed by atoms with Crippen molar-refractivity contribution in [2.45, 2.75) is 26.2 Å². The van der Waals surface area contributed by atoms with E-state index < -0.39 is 0 Å². The van der Waals surface area contributed by atoms with Gasteiger partial charge < -0.3 is 24.5 Å². The van der Waals surface area contributed by atoms with Crippen LogP contribution in [0.15, 0.2) is 29.5 Å². The van der Waals surface area contributed by atoms with Crippen molar-refractivity contribution >= 4 is 11.6 Å². The van der Waals surface area contributed by atoms with E-state index in [1.165, 1.54) is 5.56 Å². The number of imidazole rings is 1. The first-order valence-electron chi connectivity index (χ1n) is 9.79. The summed E-state index contributed by atoms with van der Waals surface area (Å²) in [5.74, 6) is 1.40. The van der Waals surface area contributed by atoms with Gasteiger partial charge in [-0.2, -0.15) is 0 Å². The van der Waals surface area contributed by atoms with Crippen LogP contribution in [0.2, 0.25) is 0 Å². The second-order valence-electron chi connectivity index (χ2n) is 6.99. The standard InChI is InChI=1S/C20H31N5O2/c1-16-5-3-10-25-13-18(24-19(16)25)6-9-23-20(21-2)22-8-4-11-26-14-17-7-12-27-15-17/h3,5,10,13,17H,4,6-9,11-12,14-15H2,1-2H3,(H2,21,22,23). The van der Waals surface area contributed by atoms with Crippen LogP contribution in [0.5, 0.6) is 0 Å². The Morgan fingerprint density at radius 2 is 2.30 bits per heavy atom. The fourth-order valence-electron chi connectivity index (χ4n) is 3.20. The van der Waals surface area contributed by atoms with Crippen LogP contribution in [-0.2, 0) is 15.9 Å². The number of pyridine rings is 1. The largest absolute Gasteiger partial charge is 0.381 e. The van der Waals surface area contributed by atoms with Gasteiger partial charge >= 0.3 is 0 Å². The minimum atomic E-state index is 0.579. The van der Waals surface area contributed by atoms with Gasteiger partial charge in [-0.1, -0.05) is 6.07 Å². The Balaban J connectivity index is 1.29. The summed E-state index contributed by atoms with van der Waals surface area (Å²) >= 11 is 0. The van der Waals surface area contributed by atoms with E-state index in [9.17, 15) is 0 Å². The Kier molecular flexibility index (Phi) is 7.47. The summed E-state index contributed by atoms with van der Waals surface area (Å²) in [5.41, 5.74) is 3.30. The first kappa shape index (κ1) is 19.6. The van der Waals surface area contributed by atoms with Crippen LogP contribution in [0.4, 0.5) is 0 Å². The van der Waals surface area contributed by atoms with Crippen LogP contribution in [0, 0.1) is 12.8 Å². The molecule has 0 saturated carbocycles. The topological polar surface area (TPSA) is 72.2 Å². The molecule has 1 fully saturated rings. The van der Waals surface area contributed by atoms with E-state index in [0.717, 1.165) is 76.1 Å². The molecule has 3 heterocycles. The Labute approximate surface area is 161 Å². The second-order valence-corrected chi connectivity index (χ2v) is 6.99. The first-order valence-corrected chi connectivity index (χ1v) is 9.79. The number of nitrogens with zero attached hydrogens (tertiary/aromatic N) is 3. The van der Waals surface area contributed by atoms with Gasteiger partial charge in [0.05, 0.1) is 18.9 Å². The predicted octanol–water partition coefficient (Wildman–Crippen LogP) is 1.79. The first-order chi connectivity index (χ1) is 13.3. The molecule has 0 aromatic carbocycles. The zero-order chi connectivity index (χ0) is 18.9. The van der Waals surface area contributed by atoms with E-state index in [1.54, 1.807) is 7.05 Å². The van der Waals surface area contributed by atoms with Gasteiger partial charge in [-0.3, -0.25) is 4.99 Å². The van der Waals surface area contributed by atoms with E-state index in [-0.39, 0.29) is 0 Å². The van der Waals surface area contributed by atoms with Crippen LogP contribution < -0.4 is 10.6 Å². The minimum Gasteiger partial charge on any atom is -0.381 e. The molecule has 0 bridgehead atoms. The molecule has 3 rings (SSSR count). The minimum absolute atomic E-state index is 0.579. The Morgan fingerprint density at radius 1 is 1.41 bits per heavy atom. The Hall–Kier alpha value is -2.12. The van der Waals surface area contributed by atoms with Crippen molar-refractivity contribution in [3.63, 3.8) is 0 Å². The molecule has 1 aliphatic rings. The lowest BCUT2D eigenvalue weighted by atomic mass is 10.1. The number of aliphatic imine (C=N–C) groups is 1. The summed E-state index contributed by atoms with van der Waals surface area (Å²) in [6, 6.07) is 4.13. The molecule has 0 aliphatic carbocycles. The lowest BCUT2D eigenvalue weighted by Crippen LogP contribution is -2.39. The third-order valence-electron chi connectivity index (χ3n) is 4.76. The highest BCUT2D eigenvalue weighted by Gasteiger charge is 2.15. The Bertz CT molecular complexity index is 737. The van der Waals surface area contributed by atoms with Crippen molar-refractivity contribution in [1.82, 2.24) is 20.0 Å². The third-order valence-corrected chi connectivity index (χ3v) is 4.76. The zero-order valence-electron chi connectivity index (χ0n) is 16.4. The van der Waals surface area contributed by atoms with Crippen molar-refractivity contribution < 1.29 is 9.47 Å². The number of aromatic nitrogens is 2. The molecule has 1 atom stereocenters. The van der Waals surface area contributed by atoms with Gasteiger partial charge in [-0.25, -0.2) is 4.98 Å². The SMILES string of the molecule is CN=C(NCCCOCC1CCOC1)NCCc1cn2cccc(C)c2n1. The second kappa shape index (κ2) is 10.3. The van der Waals surface area contributed by atoms with Crippen molar-refractivity contribution in [1.29, 1.82) is 0 Å². The molecule has 148 valence electrons. The van der Waals surface area contributed by atoms with Gasteiger partial charge in [-0.15, -0.1) is 0 Å².